The molecule has 0 saturated carbocycles. The predicted molar refractivity (Wildman–Crippen MR) is 66.3 cm³/mol. The van der Waals surface area contributed by atoms with Gasteiger partial charge in [0.15, 0.2) is 5.82 Å². The van der Waals surface area contributed by atoms with E-state index in [4.69, 9.17) is 5.84 Å². The van der Waals surface area contributed by atoms with Crippen molar-refractivity contribution >= 4 is 23.0 Å². The van der Waals surface area contributed by atoms with Gasteiger partial charge < -0.3 is 10.3 Å². The molecule has 6 heteroatoms. The molecule has 2 rings (SSSR count). The van der Waals surface area contributed by atoms with Gasteiger partial charge in [-0.25, -0.2) is 10.8 Å². The predicted octanol–water partition coefficient (Wildman–Crippen LogP) is 1.46. The van der Waals surface area contributed by atoms with Gasteiger partial charge in [-0.3, -0.25) is 4.98 Å². The van der Waals surface area contributed by atoms with Crippen LogP contribution in [-0.4, -0.2) is 17.0 Å². The number of hydrogen-bond acceptors (Lipinski definition) is 6. The summed E-state index contributed by atoms with van der Waals surface area (Å²) in [6.45, 7) is 0.820. The smallest absolute Gasteiger partial charge is 0.160 e. The summed E-state index contributed by atoms with van der Waals surface area (Å²) in [5.41, 5.74) is 2.48. The number of nitrogens with one attached hydrogen (secondary N) is 1. The van der Waals surface area contributed by atoms with Crippen LogP contribution in [0.3, 0.4) is 0 Å². The lowest BCUT2D eigenvalue weighted by atomic mass is 10.4. The van der Waals surface area contributed by atoms with E-state index in [0.29, 0.717) is 5.82 Å². The molecule has 0 bridgehead atoms. The quantitative estimate of drug-likeness (QED) is 0.620. The van der Waals surface area contributed by atoms with E-state index in [0.717, 1.165) is 12.4 Å². The fourth-order valence-corrected chi connectivity index (χ4v) is 2.08. The number of nitrogen functional groups attached to an aromatic ring is 1. The number of nitrogens with zero attached hydrogens (tertiary/aromatic N) is 3. The van der Waals surface area contributed by atoms with Crippen LogP contribution >= 0.6 is 11.3 Å². The number of thiophene rings is 1. The fraction of sp³-hybridized carbons (Fsp3) is 0.200. The first-order valence-electron chi connectivity index (χ1n) is 4.82. The van der Waals surface area contributed by atoms with Crippen LogP contribution in [0.1, 0.15) is 4.88 Å². The van der Waals surface area contributed by atoms with Gasteiger partial charge in [0.1, 0.15) is 5.82 Å². The number of hydrazine groups is 1. The van der Waals surface area contributed by atoms with E-state index in [-0.39, 0.29) is 0 Å². The molecule has 0 aliphatic rings. The standard InChI is InChI=1S/C10H13N5S/c1-15(7-8-3-2-4-16-8)10-6-12-5-9(13-10)14-11/h2-6H,7,11H2,1H3,(H,13,14). The first kappa shape index (κ1) is 10.8. The van der Waals surface area contributed by atoms with Gasteiger partial charge in [-0.05, 0) is 11.4 Å². The Morgan fingerprint density at radius 1 is 1.50 bits per heavy atom. The summed E-state index contributed by atoms with van der Waals surface area (Å²) in [6.07, 6.45) is 3.30. The minimum Gasteiger partial charge on any atom is -0.353 e. The number of nitrogens with two attached hydrogens (primary N) is 1. The Balaban J connectivity index is 2.11. The van der Waals surface area contributed by atoms with Crippen molar-refractivity contribution in [2.24, 2.45) is 5.84 Å². The van der Waals surface area contributed by atoms with Gasteiger partial charge in [0.2, 0.25) is 0 Å². The largest absolute Gasteiger partial charge is 0.353 e. The Kier molecular flexibility index (Phi) is 3.33. The Labute approximate surface area is 97.9 Å². The monoisotopic (exact) mass is 235 g/mol. The molecule has 5 nitrogen and oxygen atoms in total. The molecule has 16 heavy (non-hydrogen) atoms. The van der Waals surface area contributed by atoms with Crippen LogP contribution in [0.15, 0.2) is 29.9 Å². The highest BCUT2D eigenvalue weighted by Gasteiger charge is 2.05. The van der Waals surface area contributed by atoms with Gasteiger partial charge in [0.25, 0.3) is 0 Å². The molecule has 0 amide bonds. The molecule has 0 aromatic carbocycles. The number of aromatic nitrogens is 2. The van der Waals surface area contributed by atoms with Crippen LogP contribution in [0.25, 0.3) is 0 Å². The van der Waals surface area contributed by atoms with Crippen LogP contribution in [0.5, 0.6) is 0 Å². The second kappa shape index (κ2) is 4.91. The third-order valence-corrected chi connectivity index (χ3v) is 3.00. The zero-order valence-electron chi connectivity index (χ0n) is 8.92. The van der Waals surface area contributed by atoms with Gasteiger partial charge in [0, 0.05) is 11.9 Å². The third-order valence-electron chi connectivity index (χ3n) is 2.13. The van der Waals surface area contributed by atoms with Gasteiger partial charge in [0.05, 0.1) is 18.9 Å². The van der Waals surface area contributed by atoms with E-state index in [1.807, 2.05) is 18.0 Å². The Bertz CT molecular complexity index is 442. The molecule has 0 spiro atoms. The van der Waals surface area contributed by atoms with Crippen LogP contribution in [0.2, 0.25) is 0 Å². The molecule has 3 N–H and O–H groups in total. The van der Waals surface area contributed by atoms with Crippen molar-refractivity contribution < 1.29 is 0 Å². The Morgan fingerprint density at radius 2 is 2.38 bits per heavy atom. The van der Waals surface area contributed by atoms with Crippen LogP contribution in [0.4, 0.5) is 11.6 Å². The van der Waals surface area contributed by atoms with Crippen LogP contribution in [-0.2, 0) is 6.54 Å². The first-order valence-corrected chi connectivity index (χ1v) is 5.70. The first-order chi connectivity index (χ1) is 7.79. The molecule has 0 radical (unpaired) electrons. The second-order valence-corrected chi connectivity index (χ2v) is 4.37. The van der Waals surface area contributed by atoms with Crippen molar-refractivity contribution in [3.63, 3.8) is 0 Å². The summed E-state index contributed by atoms with van der Waals surface area (Å²) in [7, 11) is 1.98. The van der Waals surface area contributed by atoms with E-state index in [9.17, 15) is 0 Å². The maximum atomic E-state index is 5.29. The van der Waals surface area contributed by atoms with Crippen molar-refractivity contribution in [2.75, 3.05) is 17.4 Å². The van der Waals surface area contributed by atoms with E-state index < -0.39 is 0 Å². The van der Waals surface area contributed by atoms with E-state index in [1.54, 1.807) is 23.7 Å². The molecule has 0 fully saturated rings. The molecule has 2 aromatic heterocycles. The summed E-state index contributed by atoms with van der Waals surface area (Å²) < 4.78 is 0. The molecule has 0 aliphatic carbocycles. The summed E-state index contributed by atoms with van der Waals surface area (Å²) in [5.74, 6) is 6.65. The van der Waals surface area contributed by atoms with Crippen molar-refractivity contribution in [1.29, 1.82) is 0 Å². The molecule has 2 aromatic rings. The van der Waals surface area contributed by atoms with Gasteiger partial charge >= 0.3 is 0 Å². The van der Waals surface area contributed by atoms with Crippen molar-refractivity contribution in [3.8, 4) is 0 Å². The molecule has 0 saturated heterocycles. The van der Waals surface area contributed by atoms with Crippen molar-refractivity contribution in [1.82, 2.24) is 9.97 Å². The zero-order valence-corrected chi connectivity index (χ0v) is 9.74. The lowest BCUT2D eigenvalue weighted by molar-refractivity contribution is 0.903. The zero-order chi connectivity index (χ0) is 11.4. The Morgan fingerprint density at radius 3 is 3.06 bits per heavy atom. The summed E-state index contributed by atoms with van der Waals surface area (Å²) >= 11 is 1.73. The van der Waals surface area contributed by atoms with Crippen LogP contribution in [0, 0.1) is 0 Å². The van der Waals surface area contributed by atoms with E-state index in [1.165, 1.54) is 4.88 Å². The Hall–Kier alpha value is -1.66. The molecular formula is C10H13N5S. The third kappa shape index (κ3) is 2.47. The summed E-state index contributed by atoms with van der Waals surface area (Å²) in [4.78, 5) is 11.7. The molecule has 0 atom stereocenters. The fourth-order valence-electron chi connectivity index (χ4n) is 1.33. The minimum absolute atomic E-state index is 0.565. The topological polar surface area (TPSA) is 67.1 Å². The van der Waals surface area contributed by atoms with Crippen molar-refractivity contribution in [3.05, 3.63) is 34.8 Å². The highest BCUT2D eigenvalue weighted by Crippen LogP contribution is 2.16. The number of anilines is 2. The SMILES string of the molecule is CN(Cc1cccs1)c1cncc(NN)n1. The molecule has 0 unspecified atom stereocenters. The second-order valence-electron chi connectivity index (χ2n) is 3.34. The maximum Gasteiger partial charge on any atom is 0.160 e. The lowest BCUT2D eigenvalue weighted by Crippen LogP contribution is -2.18. The van der Waals surface area contributed by atoms with E-state index in [2.05, 4.69) is 26.8 Å². The molecule has 0 aliphatic heterocycles. The van der Waals surface area contributed by atoms with Crippen molar-refractivity contribution in [2.45, 2.75) is 6.54 Å². The minimum atomic E-state index is 0.565. The highest BCUT2D eigenvalue weighted by molar-refractivity contribution is 7.09. The highest BCUT2D eigenvalue weighted by atomic mass is 32.1. The average molecular weight is 235 g/mol. The maximum absolute atomic E-state index is 5.29. The van der Waals surface area contributed by atoms with Gasteiger partial charge in [-0.15, -0.1) is 11.3 Å². The van der Waals surface area contributed by atoms with Crippen LogP contribution < -0.4 is 16.2 Å². The van der Waals surface area contributed by atoms with Gasteiger partial charge in [-0.2, -0.15) is 0 Å². The van der Waals surface area contributed by atoms with Gasteiger partial charge in [-0.1, -0.05) is 6.07 Å². The average Bonchev–Trinajstić information content (AvgIpc) is 2.82. The molecule has 84 valence electrons. The lowest BCUT2D eigenvalue weighted by Gasteiger charge is -2.17. The summed E-state index contributed by atoms with van der Waals surface area (Å²) in [5, 5.41) is 2.06. The van der Waals surface area contributed by atoms with E-state index >= 15 is 0 Å². The number of rotatable bonds is 4. The molecule has 2 heterocycles. The summed E-state index contributed by atoms with van der Waals surface area (Å²) in [6, 6.07) is 4.14. The molecular weight excluding hydrogens is 222 g/mol. The number of hydrogen-bond donors (Lipinski definition) is 2. The normalized spacial score (nSPS) is 10.1.